The van der Waals surface area contributed by atoms with E-state index in [1.165, 1.54) is 17.3 Å². The molecule has 37 heavy (non-hydrogen) atoms. The van der Waals surface area contributed by atoms with Crippen LogP contribution in [0.2, 0.25) is 0 Å². The number of nitrogens with two attached hydrogens (primary N) is 1. The molecule has 192 valence electrons. The summed E-state index contributed by atoms with van der Waals surface area (Å²) in [5, 5.41) is 3.38. The van der Waals surface area contributed by atoms with Crippen LogP contribution in [0.3, 0.4) is 0 Å². The molecule has 1 aliphatic carbocycles. The molecule has 1 aromatic carbocycles. The number of aryl methyl sites for hydroxylation is 1. The highest BCUT2D eigenvalue weighted by molar-refractivity contribution is 5.94. The average Bonchev–Trinajstić information content (AvgIpc) is 3.27. The lowest BCUT2D eigenvalue weighted by Crippen LogP contribution is -2.21. The van der Waals surface area contributed by atoms with Gasteiger partial charge < -0.3 is 25.4 Å². The zero-order chi connectivity index (χ0) is 25.9. The van der Waals surface area contributed by atoms with Crippen LogP contribution in [0.1, 0.15) is 36.2 Å². The van der Waals surface area contributed by atoms with Crippen molar-refractivity contribution in [1.82, 2.24) is 19.5 Å². The quantitative estimate of drug-likeness (QED) is 0.343. The molecule has 10 heteroatoms. The van der Waals surface area contributed by atoms with Gasteiger partial charge in [-0.1, -0.05) is 12.1 Å². The number of amides is 1. The number of nitrogens with zero attached hydrogens (tertiary/aromatic N) is 5. The second kappa shape index (κ2) is 10.4. The summed E-state index contributed by atoms with van der Waals surface area (Å²) in [5.41, 5.74) is 11.0. The van der Waals surface area contributed by atoms with E-state index in [-0.39, 0.29) is 0 Å². The number of fused-ring (bicyclic) bond motifs is 1. The van der Waals surface area contributed by atoms with E-state index in [1.807, 2.05) is 56.4 Å². The minimum Gasteiger partial charge on any atom is -0.497 e. The Kier molecular flexibility index (Phi) is 6.91. The number of rotatable bonds is 9. The molecule has 0 spiro atoms. The number of methoxy groups -OCH3 is 1. The number of aromatic nitrogens is 4. The number of imidazole rings is 1. The van der Waals surface area contributed by atoms with Crippen LogP contribution in [-0.2, 0) is 17.9 Å². The molecule has 1 saturated carbocycles. The number of carbonyl (C=O) groups is 1. The summed E-state index contributed by atoms with van der Waals surface area (Å²) in [6, 6.07) is 13.1. The fraction of sp³-hybridized carbons (Fsp3) is 0.333. The van der Waals surface area contributed by atoms with Gasteiger partial charge in [-0.3, -0.25) is 4.98 Å². The molecule has 5 rings (SSSR count). The van der Waals surface area contributed by atoms with E-state index in [9.17, 15) is 4.79 Å². The number of nitrogens with one attached hydrogen (secondary N) is 1. The van der Waals surface area contributed by atoms with Crippen molar-refractivity contribution in [2.75, 3.05) is 24.4 Å². The van der Waals surface area contributed by atoms with E-state index < -0.39 is 6.03 Å². The molecule has 4 aromatic rings. The van der Waals surface area contributed by atoms with Gasteiger partial charge in [0.2, 0.25) is 0 Å². The Morgan fingerprint density at radius 3 is 2.65 bits per heavy atom. The number of hydrogen-bond acceptors (Lipinski definition) is 8. The zero-order valence-corrected chi connectivity index (χ0v) is 21.3. The maximum atomic E-state index is 12.1. The van der Waals surface area contributed by atoms with Gasteiger partial charge in [0.25, 0.3) is 0 Å². The molecular weight excluding hydrogens is 470 g/mol. The number of anilines is 3. The largest absolute Gasteiger partial charge is 0.497 e. The second-order valence-corrected chi connectivity index (χ2v) is 9.33. The van der Waals surface area contributed by atoms with Crippen LogP contribution in [0, 0.1) is 6.92 Å². The van der Waals surface area contributed by atoms with Gasteiger partial charge in [-0.05, 0) is 56.0 Å². The van der Waals surface area contributed by atoms with E-state index in [0.717, 1.165) is 46.9 Å². The van der Waals surface area contributed by atoms with Crippen LogP contribution in [0.5, 0.6) is 5.75 Å². The van der Waals surface area contributed by atoms with E-state index in [4.69, 9.17) is 15.2 Å². The first-order chi connectivity index (χ1) is 17.9. The van der Waals surface area contributed by atoms with E-state index in [0.29, 0.717) is 36.2 Å². The van der Waals surface area contributed by atoms with E-state index in [2.05, 4.69) is 25.2 Å². The minimum atomic E-state index is -0.647. The fourth-order valence-electron chi connectivity index (χ4n) is 4.35. The normalized spacial score (nSPS) is 13.4. The van der Waals surface area contributed by atoms with Crippen LogP contribution in [-0.4, -0.2) is 45.8 Å². The lowest BCUT2D eigenvalue weighted by molar-refractivity contribution is -0.0101. The van der Waals surface area contributed by atoms with E-state index in [1.54, 1.807) is 7.11 Å². The Hall–Kier alpha value is -4.18. The van der Waals surface area contributed by atoms with Gasteiger partial charge in [0.05, 0.1) is 31.2 Å². The number of carbonyl (C=O) groups excluding carboxylic acids is 1. The molecule has 0 saturated heterocycles. The summed E-state index contributed by atoms with van der Waals surface area (Å²) in [5.74, 6) is 1.36. The van der Waals surface area contributed by atoms with Crippen molar-refractivity contribution in [3.8, 4) is 5.75 Å². The topological polar surface area (TPSA) is 120 Å². The molecule has 3 aromatic heterocycles. The number of pyridine rings is 2. The summed E-state index contributed by atoms with van der Waals surface area (Å²) in [6.45, 7) is 3.03. The van der Waals surface area contributed by atoms with Gasteiger partial charge in [0, 0.05) is 31.0 Å². The molecule has 3 N–H and O–H groups in total. The second-order valence-electron chi connectivity index (χ2n) is 9.33. The number of hydrogen-bond donors (Lipinski definition) is 2. The summed E-state index contributed by atoms with van der Waals surface area (Å²) in [4.78, 5) is 27.9. The highest BCUT2D eigenvalue weighted by atomic mass is 16.5. The SMILES string of the molecule is COc1ccc(CN(C)c2cc(Nc3cc(C)nc(COC4CCC4)c3)nc3c2ncn3C(N)=O)cc1. The van der Waals surface area contributed by atoms with Crippen molar-refractivity contribution in [3.63, 3.8) is 0 Å². The van der Waals surface area contributed by atoms with Crippen LogP contribution in [0.4, 0.5) is 22.0 Å². The molecule has 0 unspecified atom stereocenters. The molecule has 0 bridgehead atoms. The zero-order valence-electron chi connectivity index (χ0n) is 21.3. The molecule has 0 radical (unpaired) electrons. The Morgan fingerprint density at radius 2 is 1.97 bits per heavy atom. The van der Waals surface area contributed by atoms with Crippen molar-refractivity contribution in [2.45, 2.75) is 45.4 Å². The molecule has 0 aliphatic heterocycles. The van der Waals surface area contributed by atoms with Crippen LogP contribution in [0.15, 0.2) is 48.8 Å². The van der Waals surface area contributed by atoms with Crippen molar-refractivity contribution in [2.24, 2.45) is 5.73 Å². The first-order valence-electron chi connectivity index (χ1n) is 12.3. The summed E-state index contributed by atoms with van der Waals surface area (Å²) >= 11 is 0. The van der Waals surface area contributed by atoms with Crippen molar-refractivity contribution >= 4 is 34.4 Å². The number of primary amides is 1. The summed E-state index contributed by atoms with van der Waals surface area (Å²) in [7, 11) is 3.62. The molecule has 1 aliphatic rings. The Bertz CT molecular complexity index is 1410. The molecule has 3 heterocycles. The highest BCUT2D eigenvalue weighted by Crippen LogP contribution is 2.30. The third-order valence-electron chi connectivity index (χ3n) is 6.51. The molecule has 1 fully saturated rings. The van der Waals surface area contributed by atoms with Crippen molar-refractivity contribution in [3.05, 3.63) is 65.7 Å². The Labute approximate surface area is 215 Å². The summed E-state index contributed by atoms with van der Waals surface area (Å²) < 4.78 is 12.5. The maximum absolute atomic E-state index is 12.1. The monoisotopic (exact) mass is 501 g/mol. The van der Waals surface area contributed by atoms with E-state index >= 15 is 0 Å². The van der Waals surface area contributed by atoms with Gasteiger partial charge in [0.15, 0.2) is 5.65 Å². The Balaban J connectivity index is 1.45. The average molecular weight is 502 g/mol. The standard InChI is InChI=1S/C27H31N7O3/c1-17-11-19(12-20(30-17)15-37-22-5-4-6-22)31-24-13-23(25-26(32-24)34(16-29-25)27(28)35)33(2)14-18-7-9-21(36-3)10-8-18/h7-13,16,22H,4-6,14-15H2,1-3H3,(H2,28,35)(H,30,31,32). The minimum absolute atomic E-state index is 0.334. The van der Waals surface area contributed by atoms with Crippen LogP contribution in [0.25, 0.3) is 11.2 Å². The van der Waals surface area contributed by atoms with Gasteiger partial charge in [-0.15, -0.1) is 0 Å². The van der Waals surface area contributed by atoms with Crippen LogP contribution >= 0.6 is 0 Å². The molecule has 0 atom stereocenters. The Morgan fingerprint density at radius 1 is 1.19 bits per heavy atom. The predicted octanol–water partition coefficient (Wildman–Crippen LogP) is 4.52. The lowest BCUT2D eigenvalue weighted by Gasteiger charge is -2.25. The van der Waals surface area contributed by atoms with Crippen molar-refractivity contribution < 1.29 is 14.3 Å². The van der Waals surface area contributed by atoms with Gasteiger partial charge in [-0.2, -0.15) is 0 Å². The lowest BCUT2D eigenvalue weighted by atomic mass is 9.96. The molecule has 1 amide bonds. The third kappa shape index (κ3) is 5.49. The number of benzene rings is 1. The highest BCUT2D eigenvalue weighted by Gasteiger charge is 2.19. The maximum Gasteiger partial charge on any atom is 0.325 e. The van der Waals surface area contributed by atoms with Gasteiger partial charge in [0.1, 0.15) is 23.4 Å². The van der Waals surface area contributed by atoms with Gasteiger partial charge >= 0.3 is 6.03 Å². The smallest absolute Gasteiger partial charge is 0.325 e. The number of ether oxygens (including phenoxy) is 2. The first-order valence-corrected chi connectivity index (χ1v) is 12.3. The van der Waals surface area contributed by atoms with Gasteiger partial charge in [-0.25, -0.2) is 19.3 Å². The predicted molar refractivity (Wildman–Crippen MR) is 142 cm³/mol. The fourth-order valence-corrected chi connectivity index (χ4v) is 4.35. The van der Waals surface area contributed by atoms with Crippen LogP contribution < -0.4 is 20.7 Å². The first kappa shape index (κ1) is 24.5. The summed E-state index contributed by atoms with van der Waals surface area (Å²) in [6.07, 6.45) is 5.19. The molecular formula is C27H31N7O3. The van der Waals surface area contributed by atoms with Crippen molar-refractivity contribution in [1.29, 1.82) is 0 Å². The molecule has 10 nitrogen and oxygen atoms in total. The third-order valence-corrected chi connectivity index (χ3v) is 6.51.